The van der Waals surface area contributed by atoms with Gasteiger partial charge in [0.25, 0.3) is 5.78 Å². The van der Waals surface area contributed by atoms with Crippen LogP contribution in [0.5, 0.6) is 0 Å². The van der Waals surface area contributed by atoms with Crippen LogP contribution in [0.15, 0.2) is 43.1 Å². The number of nitrogens with zero attached hydrogens (tertiary/aromatic N) is 2. The Bertz CT molecular complexity index is 697. The molecule has 6 heteroatoms. The zero-order chi connectivity index (χ0) is 17.7. The van der Waals surface area contributed by atoms with Crippen molar-refractivity contribution >= 4 is 11.9 Å². The molecule has 1 aromatic heterocycles. The summed E-state index contributed by atoms with van der Waals surface area (Å²) in [7, 11) is 4.04. The summed E-state index contributed by atoms with van der Waals surface area (Å²) in [5.74, 6) is -2.31. The number of hydrogen-bond donors (Lipinski definition) is 0. The maximum absolute atomic E-state index is 13.1. The molecule has 0 bridgehead atoms. The summed E-state index contributed by atoms with van der Waals surface area (Å²) < 4.78 is 17.2. The van der Waals surface area contributed by atoms with Crippen molar-refractivity contribution in [1.29, 1.82) is 0 Å². The van der Waals surface area contributed by atoms with E-state index in [0.717, 1.165) is 5.56 Å². The lowest BCUT2D eigenvalue weighted by molar-refractivity contribution is -0.312. The minimum Gasteiger partial charge on any atom is -0.324 e. The van der Waals surface area contributed by atoms with Gasteiger partial charge in [-0.3, -0.25) is 9.48 Å². The number of benzene rings is 1. The Kier molecular flexibility index (Phi) is 5.66. The van der Waals surface area contributed by atoms with E-state index in [1.807, 2.05) is 37.3 Å². The molecule has 0 aliphatic rings. The standard InChI is InChI=1S/C18H22N2O4/c1-6-14-12-19-20(13(2)15-10-8-7-9-11-15)16(14)17(21)18(22-3,23-4)24-5/h6-13H,1H2,2-5H3/t13-/m1/s1. The van der Waals surface area contributed by atoms with Gasteiger partial charge in [0.1, 0.15) is 5.69 Å². The van der Waals surface area contributed by atoms with Gasteiger partial charge in [-0.05, 0) is 12.5 Å². The molecule has 24 heavy (non-hydrogen) atoms. The Balaban J connectivity index is 2.56. The lowest BCUT2D eigenvalue weighted by Crippen LogP contribution is -2.46. The molecule has 0 saturated heterocycles. The zero-order valence-corrected chi connectivity index (χ0v) is 14.4. The first-order valence-electron chi connectivity index (χ1n) is 7.49. The highest BCUT2D eigenvalue weighted by Gasteiger charge is 2.43. The topological polar surface area (TPSA) is 62.6 Å². The summed E-state index contributed by atoms with van der Waals surface area (Å²) in [5, 5.41) is 4.36. The molecule has 1 aromatic carbocycles. The molecular formula is C18H22N2O4. The van der Waals surface area contributed by atoms with E-state index in [9.17, 15) is 4.79 Å². The van der Waals surface area contributed by atoms with Gasteiger partial charge in [-0.25, -0.2) is 0 Å². The van der Waals surface area contributed by atoms with Crippen molar-refractivity contribution in [2.24, 2.45) is 0 Å². The van der Waals surface area contributed by atoms with Crippen molar-refractivity contribution < 1.29 is 19.0 Å². The maximum atomic E-state index is 13.1. The molecule has 0 amide bonds. The minimum atomic E-state index is -1.83. The van der Waals surface area contributed by atoms with Crippen LogP contribution in [0.2, 0.25) is 0 Å². The van der Waals surface area contributed by atoms with Crippen molar-refractivity contribution in [3.05, 3.63) is 59.9 Å². The minimum absolute atomic E-state index is 0.165. The van der Waals surface area contributed by atoms with Gasteiger partial charge >= 0.3 is 5.97 Å². The lowest BCUT2D eigenvalue weighted by Gasteiger charge is -2.28. The van der Waals surface area contributed by atoms with Crippen LogP contribution in [0.4, 0.5) is 0 Å². The van der Waals surface area contributed by atoms with Crippen LogP contribution in [-0.2, 0) is 14.2 Å². The fourth-order valence-corrected chi connectivity index (χ4v) is 2.60. The van der Waals surface area contributed by atoms with Gasteiger partial charge in [-0.2, -0.15) is 5.10 Å². The second-order valence-corrected chi connectivity index (χ2v) is 5.18. The first kappa shape index (κ1) is 18.1. The van der Waals surface area contributed by atoms with Crippen molar-refractivity contribution in [3.63, 3.8) is 0 Å². The van der Waals surface area contributed by atoms with E-state index >= 15 is 0 Å². The SMILES string of the molecule is C=Cc1cnn([C@H](C)c2ccccc2)c1C(=O)C(OC)(OC)OC. The monoisotopic (exact) mass is 330 g/mol. The van der Waals surface area contributed by atoms with E-state index in [-0.39, 0.29) is 6.04 Å². The van der Waals surface area contributed by atoms with Crippen molar-refractivity contribution in [2.45, 2.75) is 18.9 Å². The number of ether oxygens (including phenoxy) is 3. The predicted octanol–water partition coefficient (Wildman–Crippen LogP) is 2.91. The van der Waals surface area contributed by atoms with Crippen molar-refractivity contribution in [2.75, 3.05) is 21.3 Å². The van der Waals surface area contributed by atoms with Crippen LogP contribution in [0.3, 0.4) is 0 Å². The lowest BCUT2D eigenvalue weighted by atomic mass is 10.1. The maximum Gasteiger partial charge on any atom is 0.352 e. The largest absolute Gasteiger partial charge is 0.352 e. The number of rotatable bonds is 8. The molecule has 0 fully saturated rings. The molecule has 0 saturated carbocycles. The van der Waals surface area contributed by atoms with E-state index in [2.05, 4.69) is 11.7 Å². The summed E-state index contributed by atoms with van der Waals surface area (Å²) in [6.07, 6.45) is 3.16. The average molecular weight is 330 g/mol. The fourth-order valence-electron chi connectivity index (χ4n) is 2.60. The van der Waals surface area contributed by atoms with Crippen LogP contribution in [-0.4, -0.2) is 42.9 Å². The van der Waals surface area contributed by atoms with E-state index in [0.29, 0.717) is 11.3 Å². The molecule has 0 aliphatic carbocycles. The third kappa shape index (κ3) is 3.03. The number of ketones is 1. The second kappa shape index (κ2) is 7.53. The summed E-state index contributed by atoms with van der Waals surface area (Å²) in [4.78, 5) is 13.1. The normalized spacial score (nSPS) is 12.8. The number of Topliss-reactive ketones (excluding diaryl/α,β-unsaturated/α-hetero) is 1. The Labute approximate surface area is 141 Å². The number of hydrogen-bond acceptors (Lipinski definition) is 5. The number of carbonyl (C=O) groups is 1. The molecule has 0 N–H and O–H groups in total. The van der Waals surface area contributed by atoms with Gasteiger partial charge < -0.3 is 14.2 Å². The van der Waals surface area contributed by atoms with E-state index in [1.54, 1.807) is 17.0 Å². The van der Waals surface area contributed by atoms with Crippen molar-refractivity contribution in [1.82, 2.24) is 9.78 Å². The van der Waals surface area contributed by atoms with Crippen molar-refractivity contribution in [3.8, 4) is 0 Å². The zero-order valence-electron chi connectivity index (χ0n) is 14.4. The predicted molar refractivity (Wildman–Crippen MR) is 90.7 cm³/mol. The summed E-state index contributed by atoms with van der Waals surface area (Å²) in [5.41, 5.74) is 1.91. The molecular weight excluding hydrogens is 308 g/mol. The van der Waals surface area contributed by atoms with E-state index < -0.39 is 11.8 Å². The van der Waals surface area contributed by atoms with Crippen LogP contribution >= 0.6 is 0 Å². The number of carbonyl (C=O) groups excluding carboxylic acids is 1. The molecule has 1 heterocycles. The quantitative estimate of drug-likeness (QED) is 0.550. The van der Waals surface area contributed by atoms with Gasteiger partial charge in [0.05, 0.1) is 12.2 Å². The molecule has 0 radical (unpaired) electrons. The van der Waals surface area contributed by atoms with Gasteiger partial charge in [0.15, 0.2) is 0 Å². The van der Waals surface area contributed by atoms with Gasteiger partial charge in [0, 0.05) is 26.9 Å². The van der Waals surface area contributed by atoms with Crippen LogP contribution in [0.1, 0.15) is 34.6 Å². The summed E-state index contributed by atoms with van der Waals surface area (Å²) >= 11 is 0. The first-order valence-corrected chi connectivity index (χ1v) is 7.49. The number of methoxy groups -OCH3 is 3. The molecule has 2 rings (SSSR count). The Morgan fingerprint density at radius 3 is 2.29 bits per heavy atom. The Morgan fingerprint density at radius 1 is 1.21 bits per heavy atom. The highest BCUT2D eigenvalue weighted by Crippen LogP contribution is 2.27. The number of aromatic nitrogens is 2. The highest BCUT2D eigenvalue weighted by molar-refractivity contribution is 6.02. The Morgan fingerprint density at radius 2 is 1.79 bits per heavy atom. The molecule has 0 aliphatic heterocycles. The molecule has 0 spiro atoms. The third-order valence-corrected chi connectivity index (χ3v) is 3.99. The fraction of sp³-hybridized carbons (Fsp3) is 0.333. The third-order valence-electron chi connectivity index (χ3n) is 3.99. The van der Waals surface area contributed by atoms with Gasteiger partial charge in [-0.1, -0.05) is 43.0 Å². The van der Waals surface area contributed by atoms with E-state index in [1.165, 1.54) is 21.3 Å². The van der Waals surface area contributed by atoms with Crippen LogP contribution in [0.25, 0.3) is 6.08 Å². The summed E-state index contributed by atoms with van der Waals surface area (Å²) in [6.45, 7) is 5.71. The first-order chi connectivity index (χ1) is 11.5. The molecule has 0 unspecified atom stereocenters. The van der Waals surface area contributed by atoms with Crippen LogP contribution in [0, 0.1) is 0 Å². The molecule has 1 atom stereocenters. The van der Waals surface area contributed by atoms with Gasteiger partial charge in [0.2, 0.25) is 0 Å². The van der Waals surface area contributed by atoms with Gasteiger partial charge in [-0.15, -0.1) is 0 Å². The average Bonchev–Trinajstić information content (AvgIpc) is 3.07. The molecule has 2 aromatic rings. The summed E-state index contributed by atoms with van der Waals surface area (Å²) in [6, 6.07) is 9.60. The molecule has 128 valence electrons. The van der Waals surface area contributed by atoms with E-state index in [4.69, 9.17) is 14.2 Å². The molecule has 6 nitrogen and oxygen atoms in total. The smallest absolute Gasteiger partial charge is 0.324 e. The highest BCUT2D eigenvalue weighted by atomic mass is 16.9. The van der Waals surface area contributed by atoms with Crippen LogP contribution < -0.4 is 0 Å². The second-order valence-electron chi connectivity index (χ2n) is 5.18. The Hall–Kier alpha value is -2.28.